The van der Waals surface area contributed by atoms with E-state index in [9.17, 15) is 0 Å². The van der Waals surface area contributed by atoms with Gasteiger partial charge in [-0.1, -0.05) is 43.6 Å². The maximum atomic E-state index is 6.16. The molecule has 0 unspecified atom stereocenters. The Kier molecular flexibility index (Phi) is 6.48. The van der Waals surface area contributed by atoms with E-state index in [1.807, 2.05) is 18.3 Å². The Morgan fingerprint density at radius 1 is 0.923 bits per heavy atom. The van der Waals surface area contributed by atoms with Gasteiger partial charge in [0.15, 0.2) is 0 Å². The predicted octanol–water partition coefficient (Wildman–Crippen LogP) is 5.76. The summed E-state index contributed by atoms with van der Waals surface area (Å²) in [7, 11) is 0. The molecule has 0 amide bonds. The van der Waals surface area contributed by atoms with Gasteiger partial charge in [0.25, 0.3) is 0 Å². The van der Waals surface area contributed by atoms with Crippen LogP contribution in [-0.4, -0.2) is 36.1 Å². The molecule has 0 aliphatic rings. The van der Waals surface area contributed by atoms with Crippen molar-refractivity contribution in [3.63, 3.8) is 0 Å². The Bertz CT molecular complexity index is 831. The van der Waals surface area contributed by atoms with Crippen LogP contribution < -0.4 is 4.90 Å². The van der Waals surface area contributed by atoms with Gasteiger partial charge in [0.1, 0.15) is 0 Å². The fraction of sp³-hybridized carbons (Fsp3) is 0.318. The topological polar surface area (TPSA) is 19.4 Å². The second kappa shape index (κ2) is 9.02. The first-order valence-corrected chi connectivity index (χ1v) is 9.70. The fourth-order valence-electron chi connectivity index (χ4n) is 3.33. The molecule has 0 bridgehead atoms. The van der Waals surface area contributed by atoms with Crippen LogP contribution >= 0.6 is 11.6 Å². The zero-order chi connectivity index (χ0) is 18.4. The van der Waals surface area contributed by atoms with E-state index in [-0.39, 0.29) is 0 Å². The molecule has 1 heterocycles. The van der Waals surface area contributed by atoms with Crippen LogP contribution in [0.5, 0.6) is 0 Å². The smallest absolute Gasteiger partial charge is 0.0737 e. The molecule has 3 rings (SSSR count). The molecule has 0 N–H and O–H groups in total. The van der Waals surface area contributed by atoms with Crippen LogP contribution in [0.25, 0.3) is 10.9 Å². The minimum absolute atomic E-state index is 0.718. The third-order valence-electron chi connectivity index (χ3n) is 4.79. The molecule has 1 aromatic heterocycles. The Labute approximate surface area is 161 Å². The molecule has 3 aromatic rings. The summed E-state index contributed by atoms with van der Waals surface area (Å²) in [5.41, 5.74) is 3.31. The highest BCUT2D eigenvalue weighted by Crippen LogP contribution is 2.32. The fourth-order valence-corrected chi connectivity index (χ4v) is 3.50. The molecule has 26 heavy (non-hydrogen) atoms. The third kappa shape index (κ3) is 4.35. The summed E-state index contributed by atoms with van der Waals surface area (Å²) < 4.78 is 0. The van der Waals surface area contributed by atoms with Crippen LogP contribution in [0, 0.1) is 0 Å². The van der Waals surface area contributed by atoms with Crippen LogP contribution in [0.4, 0.5) is 11.4 Å². The van der Waals surface area contributed by atoms with Gasteiger partial charge in [-0.3, -0.25) is 4.98 Å². The van der Waals surface area contributed by atoms with E-state index in [0.717, 1.165) is 48.5 Å². The number of pyridine rings is 1. The van der Waals surface area contributed by atoms with Crippen molar-refractivity contribution in [2.75, 3.05) is 31.1 Å². The third-order valence-corrected chi connectivity index (χ3v) is 5.03. The van der Waals surface area contributed by atoms with E-state index in [1.165, 1.54) is 11.4 Å². The van der Waals surface area contributed by atoms with Gasteiger partial charge in [-0.25, -0.2) is 0 Å². The molecular formula is C22H26ClN3. The molecule has 0 spiro atoms. The number of aromatic nitrogens is 1. The molecule has 2 aromatic carbocycles. The number of nitrogens with zero attached hydrogens (tertiary/aromatic N) is 3. The monoisotopic (exact) mass is 367 g/mol. The van der Waals surface area contributed by atoms with Crippen LogP contribution in [-0.2, 0) is 0 Å². The van der Waals surface area contributed by atoms with Crippen molar-refractivity contribution >= 4 is 33.9 Å². The van der Waals surface area contributed by atoms with Gasteiger partial charge in [0.05, 0.1) is 11.2 Å². The highest BCUT2D eigenvalue weighted by atomic mass is 35.5. The standard InChI is InChI=1S/C22H26ClN3/c1-3-25(4-2)15-8-16-26(19-9-6-5-7-10-19)22-13-14-24-21-17-18(23)11-12-20(21)22/h5-7,9-14,17H,3-4,8,15-16H2,1-2H3. The molecule has 0 aliphatic heterocycles. The molecule has 4 heteroatoms. The van der Waals surface area contributed by atoms with Crippen molar-refractivity contribution in [2.45, 2.75) is 20.3 Å². The van der Waals surface area contributed by atoms with Gasteiger partial charge in [-0.15, -0.1) is 0 Å². The Hall–Kier alpha value is -2.10. The van der Waals surface area contributed by atoms with E-state index in [4.69, 9.17) is 11.6 Å². The molecule has 0 aliphatic carbocycles. The van der Waals surface area contributed by atoms with E-state index < -0.39 is 0 Å². The number of anilines is 2. The van der Waals surface area contributed by atoms with Gasteiger partial charge in [-0.2, -0.15) is 0 Å². The van der Waals surface area contributed by atoms with Gasteiger partial charge in [-0.05, 0) is 62.5 Å². The van der Waals surface area contributed by atoms with Crippen molar-refractivity contribution in [2.24, 2.45) is 0 Å². The summed E-state index contributed by atoms with van der Waals surface area (Å²) in [5, 5.41) is 1.85. The zero-order valence-electron chi connectivity index (χ0n) is 15.5. The summed E-state index contributed by atoms with van der Waals surface area (Å²) >= 11 is 6.16. The molecule has 0 saturated carbocycles. The average Bonchev–Trinajstić information content (AvgIpc) is 2.68. The lowest BCUT2D eigenvalue weighted by Crippen LogP contribution is -2.28. The van der Waals surface area contributed by atoms with Crippen LogP contribution in [0.2, 0.25) is 5.02 Å². The molecule has 3 nitrogen and oxygen atoms in total. The first kappa shape index (κ1) is 18.7. The number of hydrogen-bond acceptors (Lipinski definition) is 3. The van der Waals surface area contributed by atoms with Gasteiger partial charge >= 0.3 is 0 Å². The minimum Gasteiger partial charge on any atom is -0.341 e. The van der Waals surface area contributed by atoms with Crippen molar-refractivity contribution in [3.05, 3.63) is 65.8 Å². The maximum absolute atomic E-state index is 6.16. The molecule has 0 saturated heterocycles. The number of para-hydroxylation sites is 1. The Morgan fingerprint density at radius 3 is 2.42 bits per heavy atom. The molecule has 0 atom stereocenters. The number of benzene rings is 2. The number of fused-ring (bicyclic) bond motifs is 1. The van der Waals surface area contributed by atoms with E-state index in [2.05, 4.69) is 71.1 Å². The Balaban J connectivity index is 1.94. The van der Waals surface area contributed by atoms with Crippen molar-refractivity contribution in [3.8, 4) is 0 Å². The van der Waals surface area contributed by atoms with Gasteiger partial charge < -0.3 is 9.80 Å². The molecule has 136 valence electrons. The lowest BCUT2D eigenvalue weighted by atomic mass is 10.1. The quantitative estimate of drug-likeness (QED) is 0.504. The summed E-state index contributed by atoms with van der Waals surface area (Å²) in [6.45, 7) is 8.70. The van der Waals surface area contributed by atoms with E-state index >= 15 is 0 Å². The second-order valence-electron chi connectivity index (χ2n) is 6.36. The number of rotatable bonds is 8. The van der Waals surface area contributed by atoms with Crippen molar-refractivity contribution in [1.29, 1.82) is 0 Å². The molecular weight excluding hydrogens is 342 g/mol. The average molecular weight is 368 g/mol. The van der Waals surface area contributed by atoms with Gasteiger partial charge in [0, 0.05) is 28.8 Å². The summed E-state index contributed by atoms with van der Waals surface area (Å²) in [6.07, 6.45) is 2.97. The lowest BCUT2D eigenvalue weighted by molar-refractivity contribution is 0.301. The van der Waals surface area contributed by atoms with Crippen molar-refractivity contribution < 1.29 is 0 Å². The first-order chi connectivity index (χ1) is 12.7. The summed E-state index contributed by atoms with van der Waals surface area (Å²) in [6, 6.07) is 18.6. The summed E-state index contributed by atoms with van der Waals surface area (Å²) in [4.78, 5) is 9.35. The van der Waals surface area contributed by atoms with Crippen molar-refractivity contribution in [1.82, 2.24) is 9.88 Å². The minimum atomic E-state index is 0.718. The number of halogens is 1. The van der Waals surface area contributed by atoms with Crippen LogP contribution in [0.3, 0.4) is 0 Å². The highest BCUT2D eigenvalue weighted by Gasteiger charge is 2.13. The van der Waals surface area contributed by atoms with Gasteiger partial charge in [0.2, 0.25) is 0 Å². The SMILES string of the molecule is CCN(CC)CCCN(c1ccccc1)c1ccnc2cc(Cl)ccc12. The molecule has 0 fully saturated rings. The predicted molar refractivity (Wildman–Crippen MR) is 113 cm³/mol. The number of hydrogen-bond donors (Lipinski definition) is 0. The Morgan fingerprint density at radius 2 is 1.69 bits per heavy atom. The van der Waals surface area contributed by atoms with E-state index in [1.54, 1.807) is 0 Å². The summed E-state index contributed by atoms with van der Waals surface area (Å²) in [5.74, 6) is 0. The lowest BCUT2D eigenvalue weighted by Gasteiger charge is -2.27. The largest absolute Gasteiger partial charge is 0.341 e. The van der Waals surface area contributed by atoms with Crippen LogP contribution in [0.1, 0.15) is 20.3 Å². The maximum Gasteiger partial charge on any atom is 0.0737 e. The molecule has 0 radical (unpaired) electrons. The first-order valence-electron chi connectivity index (χ1n) is 9.32. The van der Waals surface area contributed by atoms with Crippen LogP contribution in [0.15, 0.2) is 60.8 Å². The van der Waals surface area contributed by atoms with E-state index in [0.29, 0.717) is 0 Å². The zero-order valence-corrected chi connectivity index (χ0v) is 16.3. The highest BCUT2D eigenvalue weighted by molar-refractivity contribution is 6.31. The second-order valence-corrected chi connectivity index (χ2v) is 6.80. The normalized spacial score (nSPS) is 11.2.